The van der Waals surface area contributed by atoms with Crippen molar-refractivity contribution < 1.29 is 4.79 Å². The van der Waals surface area contributed by atoms with Crippen LogP contribution in [0.4, 0.5) is 11.5 Å². The minimum atomic E-state index is -0.174. The third kappa shape index (κ3) is 3.82. The second-order valence-corrected chi connectivity index (χ2v) is 4.31. The molecule has 0 atom stereocenters. The van der Waals surface area contributed by atoms with Crippen LogP contribution in [0.3, 0.4) is 0 Å². The largest absolute Gasteiger partial charge is 0.376 e. The predicted molar refractivity (Wildman–Crippen MR) is 77.3 cm³/mol. The molecule has 0 unspecified atom stereocenters. The molecule has 5 heteroatoms. The molecule has 2 aromatic rings. The van der Waals surface area contributed by atoms with Crippen LogP contribution in [0.2, 0.25) is 0 Å². The summed E-state index contributed by atoms with van der Waals surface area (Å²) in [6, 6.07) is 12.6. The molecule has 0 radical (unpaired) electrons. The summed E-state index contributed by atoms with van der Waals surface area (Å²) >= 11 is 0. The molecule has 0 fully saturated rings. The first-order valence-corrected chi connectivity index (χ1v) is 6.14. The van der Waals surface area contributed by atoms with Gasteiger partial charge in [-0.15, -0.1) is 0 Å². The second-order valence-electron chi connectivity index (χ2n) is 4.31. The first-order valence-electron chi connectivity index (χ1n) is 6.14. The van der Waals surface area contributed by atoms with Gasteiger partial charge < -0.3 is 10.6 Å². The molecular formula is C15H14N4O. The molecular weight excluding hydrogens is 252 g/mol. The molecule has 0 aliphatic heterocycles. The van der Waals surface area contributed by atoms with Crippen LogP contribution in [0.25, 0.3) is 0 Å². The Bertz CT molecular complexity index is 644. The van der Waals surface area contributed by atoms with E-state index in [1.54, 1.807) is 36.5 Å². The molecule has 0 bridgehead atoms. The van der Waals surface area contributed by atoms with Gasteiger partial charge in [0.1, 0.15) is 5.82 Å². The van der Waals surface area contributed by atoms with E-state index in [-0.39, 0.29) is 12.5 Å². The highest BCUT2D eigenvalue weighted by atomic mass is 16.1. The summed E-state index contributed by atoms with van der Waals surface area (Å²) in [6.07, 6.45) is 1.65. The first kappa shape index (κ1) is 13.6. The van der Waals surface area contributed by atoms with E-state index in [4.69, 9.17) is 5.26 Å². The lowest BCUT2D eigenvalue weighted by Crippen LogP contribution is -2.22. The van der Waals surface area contributed by atoms with Crippen molar-refractivity contribution in [1.82, 2.24) is 4.98 Å². The summed E-state index contributed by atoms with van der Waals surface area (Å²) in [5, 5.41) is 14.4. The molecule has 5 nitrogen and oxygen atoms in total. The van der Waals surface area contributed by atoms with Crippen molar-refractivity contribution in [2.45, 2.75) is 6.92 Å². The van der Waals surface area contributed by atoms with Crippen LogP contribution in [0, 0.1) is 18.3 Å². The molecule has 1 aromatic heterocycles. The quantitative estimate of drug-likeness (QED) is 0.890. The van der Waals surface area contributed by atoms with Crippen LogP contribution >= 0.6 is 0 Å². The third-order valence-corrected chi connectivity index (χ3v) is 2.65. The SMILES string of the molecule is Cc1ccnc(NC(=O)CNc2ccc(C#N)cc2)c1. The number of nitriles is 1. The molecule has 20 heavy (non-hydrogen) atoms. The van der Waals surface area contributed by atoms with E-state index in [9.17, 15) is 4.79 Å². The molecule has 2 rings (SSSR count). The van der Waals surface area contributed by atoms with Crippen molar-refractivity contribution in [3.8, 4) is 6.07 Å². The maximum atomic E-state index is 11.8. The van der Waals surface area contributed by atoms with Crippen molar-refractivity contribution >= 4 is 17.4 Å². The van der Waals surface area contributed by atoms with Gasteiger partial charge in [-0.05, 0) is 48.9 Å². The molecule has 0 saturated carbocycles. The highest BCUT2D eigenvalue weighted by Gasteiger charge is 2.03. The van der Waals surface area contributed by atoms with E-state index in [1.807, 2.05) is 19.1 Å². The van der Waals surface area contributed by atoms with Gasteiger partial charge in [0, 0.05) is 11.9 Å². The predicted octanol–water partition coefficient (Wildman–Crippen LogP) is 2.31. The fraction of sp³-hybridized carbons (Fsp3) is 0.133. The molecule has 1 heterocycles. The Labute approximate surface area is 117 Å². The number of benzene rings is 1. The molecule has 0 aliphatic carbocycles. The zero-order valence-electron chi connectivity index (χ0n) is 11.1. The topological polar surface area (TPSA) is 77.8 Å². The Kier molecular flexibility index (Phi) is 4.30. The van der Waals surface area contributed by atoms with Gasteiger partial charge in [0.05, 0.1) is 18.2 Å². The molecule has 0 aliphatic rings. The van der Waals surface area contributed by atoms with E-state index in [1.165, 1.54) is 0 Å². The van der Waals surface area contributed by atoms with Crippen molar-refractivity contribution in [3.05, 3.63) is 53.7 Å². The Hall–Kier alpha value is -2.87. The van der Waals surface area contributed by atoms with Crippen molar-refractivity contribution in [2.24, 2.45) is 0 Å². The number of carbonyl (C=O) groups is 1. The number of rotatable bonds is 4. The summed E-state index contributed by atoms with van der Waals surface area (Å²) in [7, 11) is 0. The summed E-state index contributed by atoms with van der Waals surface area (Å²) < 4.78 is 0. The highest BCUT2D eigenvalue weighted by molar-refractivity contribution is 5.92. The van der Waals surface area contributed by atoms with Crippen molar-refractivity contribution in [3.63, 3.8) is 0 Å². The maximum Gasteiger partial charge on any atom is 0.244 e. The number of hydrogen-bond donors (Lipinski definition) is 2. The average molecular weight is 266 g/mol. The van der Waals surface area contributed by atoms with Gasteiger partial charge in [-0.25, -0.2) is 4.98 Å². The Morgan fingerprint density at radius 1 is 1.30 bits per heavy atom. The van der Waals surface area contributed by atoms with Crippen LogP contribution in [-0.4, -0.2) is 17.4 Å². The van der Waals surface area contributed by atoms with E-state index < -0.39 is 0 Å². The number of nitrogens with one attached hydrogen (secondary N) is 2. The number of aromatic nitrogens is 1. The third-order valence-electron chi connectivity index (χ3n) is 2.65. The standard InChI is InChI=1S/C15H14N4O/c1-11-6-7-17-14(8-11)19-15(20)10-18-13-4-2-12(9-16)3-5-13/h2-8,18H,10H2,1H3,(H,17,19,20). The smallest absolute Gasteiger partial charge is 0.244 e. The minimum Gasteiger partial charge on any atom is -0.376 e. The fourth-order valence-corrected chi connectivity index (χ4v) is 1.64. The Morgan fingerprint density at radius 2 is 2.05 bits per heavy atom. The molecule has 1 aromatic carbocycles. The summed E-state index contributed by atoms with van der Waals surface area (Å²) in [5.41, 5.74) is 2.41. The van der Waals surface area contributed by atoms with Crippen LogP contribution in [0.1, 0.15) is 11.1 Å². The number of aryl methyl sites for hydroxylation is 1. The number of amides is 1. The molecule has 100 valence electrons. The number of pyridine rings is 1. The zero-order chi connectivity index (χ0) is 14.4. The lowest BCUT2D eigenvalue weighted by Gasteiger charge is -2.07. The Balaban J connectivity index is 1.87. The average Bonchev–Trinajstić information content (AvgIpc) is 2.46. The van der Waals surface area contributed by atoms with Gasteiger partial charge in [0.25, 0.3) is 0 Å². The maximum absolute atomic E-state index is 11.8. The van der Waals surface area contributed by atoms with E-state index in [2.05, 4.69) is 15.6 Å². The van der Waals surface area contributed by atoms with Crippen molar-refractivity contribution in [2.75, 3.05) is 17.2 Å². The molecule has 2 N–H and O–H groups in total. The summed E-state index contributed by atoms with van der Waals surface area (Å²) in [4.78, 5) is 15.8. The van der Waals surface area contributed by atoms with E-state index in [0.717, 1.165) is 11.3 Å². The van der Waals surface area contributed by atoms with Gasteiger partial charge in [-0.3, -0.25) is 4.79 Å². The number of hydrogen-bond acceptors (Lipinski definition) is 4. The molecule has 1 amide bonds. The first-order chi connectivity index (χ1) is 9.67. The Morgan fingerprint density at radius 3 is 2.70 bits per heavy atom. The summed E-state index contributed by atoms with van der Waals surface area (Å²) in [5.74, 6) is 0.365. The monoisotopic (exact) mass is 266 g/mol. The number of carbonyl (C=O) groups excluding carboxylic acids is 1. The fourth-order valence-electron chi connectivity index (χ4n) is 1.64. The van der Waals surface area contributed by atoms with Gasteiger partial charge in [0.2, 0.25) is 5.91 Å². The van der Waals surface area contributed by atoms with Gasteiger partial charge in [-0.1, -0.05) is 0 Å². The van der Waals surface area contributed by atoms with Crippen LogP contribution in [0.5, 0.6) is 0 Å². The molecule has 0 spiro atoms. The molecule has 0 saturated heterocycles. The lowest BCUT2D eigenvalue weighted by atomic mass is 10.2. The van der Waals surface area contributed by atoms with E-state index in [0.29, 0.717) is 11.4 Å². The van der Waals surface area contributed by atoms with Gasteiger partial charge in [-0.2, -0.15) is 5.26 Å². The van der Waals surface area contributed by atoms with Gasteiger partial charge >= 0.3 is 0 Å². The highest BCUT2D eigenvalue weighted by Crippen LogP contribution is 2.09. The zero-order valence-corrected chi connectivity index (χ0v) is 11.1. The number of anilines is 2. The van der Waals surface area contributed by atoms with Gasteiger partial charge in [0.15, 0.2) is 0 Å². The minimum absolute atomic E-state index is 0.140. The van der Waals surface area contributed by atoms with E-state index >= 15 is 0 Å². The van der Waals surface area contributed by atoms with Crippen molar-refractivity contribution in [1.29, 1.82) is 5.26 Å². The van der Waals surface area contributed by atoms with Crippen LogP contribution < -0.4 is 10.6 Å². The normalized spacial score (nSPS) is 9.60. The summed E-state index contributed by atoms with van der Waals surface area (Å²) in [6.45, 7) is 2.08. The number of nitrogens with zero attached hydrogens (tertiary/aromatic N) is 2. The second kappa shape index (κ2) is 6.34. The van der Waals surface area contributed by atoms with Crippen LogP contribution in [0.15, 0.2) is 42.6 Å². The van der Waals surface area contributed by atoms with Crippen LogP contribution in [-0.2, 0) is 4.79 Å². The lowest BCUT2D eigenvalue weighted by molar-refractivity contribution is -0.114.